The molecule has 1 spiro atoms. The summed E-state index contributed by atoms with van der Waals surface area (Å²) in [6, 6.07) is 12.0. The van der Waals surface area contributed by atoms with E-state index in [2.05, 4.69) is 51.3 Å². The minimum Gasteiger partial charge on any atom is -0.423 e. The van der Waals surface area contributed by atoms with Gasteiger partial charge in [-0.25, -0.2) is 0 Å². The Morgan fingerprint density at radius 3 is 2.56 bits per heavy atom. The lowest BCUT2D eigenvalue weighted by atomic mass is 9.71. The minimum atomic E-state index is -0.838. The highest BCUT2D eigenvalue weighted by Crippen LogP contribution is 2.56. The fourth-order valence-corrected chi connectivity index (χ4v) is 7.11. The molecule has 3 aromatic heterocycles. The molecule has 2 saturated heterocycles. The van der Waals surface area contributed by atoms with Gasteiger partial charge < -0.3 is 14.4 Å². The molecule has 11 heteroatoms. The van der Waals surface area contributed by atoms with Gasteiger partial charge in [0.1, 0.15) is 12.3 Å². The first-order valence-corrected chi connectivity index (χ1v) is 15.2. The summed E-state index contributed by atoms with van der Waals surface area (Å²) in [5, 5.41) is 29.6. The van der Waals surface area contributed by atoms with Gasteiger partial charge in [-0.3, -0.25) is 19.1 Å². The van der Waals surface area contributed by atoms with Crippen LogP contribution in [0.1, 0.15) is 79.7 Å². The average Bonchev–Trinajstić information content (AvgIpc) is 3.53. The second-order valence-corrected chi connectivity index (χ2v) is 13.6. The molecular formula is C32H40N8O3. The number of hydrogen-bond donors (Lipinski definition) is 1. The van der Waals surface area contributed by atoms with E-state index in [-0.39, 0.29) is 34.6 Å². The summed E-state index contributed by atoms with van der Waals surface area (Å²) in [7, 11) is 0. The topological polar surface area (TPSA) is 118 Å². The smallest absolute Gasteiger partial charge is 0.240 e. The Balaban J connectivity index is 1.12. The lowest BCUT2D eigenvalue weighted by Gasteiger charge is -2.50. The first-order chi connectivity index (χ1) is 20.5. The number of benzene rings is 1. The summed E-state index contributed by atoms with van der Waals surface area (Å²) in [4.78, 5) is 17.3. The molecule has 226 valence electrons. The molecule has 3 aliphatic rings. The van der Waals surface area contributed by atoms with E-state index in [1.807, 2.05) is 65.5 Å². The number of carbonyl (C=O) groups is 1. The third kappa shape index (κ3) is 4.98. The third-order valence-corrected chi connectivity index (χ3v) is 9.82. The lowest BCUT2D eigenvalue weighted by Crippen LogP contribution is -2.62. The van der Waals surface area contributed by atoms with Crippen molar-refractivity contribution in [2.45, 2.75) is 65.8 Å². The molecule has 1 aliphatic carbocycles. The van der Waals surface area contributed by atoms with Gasteiger partial charge in [-0.2, -0.15) is 10.2 Å². The van der Waals surface area contributed by atoms with Gasteiger partial charge in [0.2, 0.25) is 17.7 Å². The van der Waals surface area contributed by atoms with E-state index in [0.717, 1.165) is 28.9 Å². The summed E-state index contributed by atoms with van der Waals surface area (Å²) in [5.41, 5.74) is 3.65. The van der Waals surface area contributed by atoms with Crippen molar-refractivity contribution in [3.8, 4) is 0 Å². The third-order valence-electron chi connectivity index (χ3n) is 9.82. The average molecular weight is 585 g/mol. The van der Waals surface area contributed by atoms with Crippen molar-refractivity contribution in [2.75, 3.05) is 26.2 Å². The van der Waals surface area contributed by atoms with Crippen LogP contribution < -0.4 is 0 Å². The SMILES string of the molecule is Cc1cc(C)n(C(C)c2nnc(C3CN(C(O)c4cnn(Cc5ccccc5)c4)CC34CN(C(=O)[C@H]3CC3(C)C)C4)o2)n1. The molecule has 2 aliphatic heterocycles. The van der Waals surface area contributed by atoms with Crippen molar-refractivity contribution >= 4 is 5.91 Å². The van der Waals surface area contributed by atoms with E-state index in [4.69, 9.17) is 4.42 Å². The van der Waals surface area contributed by atoms with Crippen LogP contribution in [0.4, 0.5) is 0 Å². The zero-order valence-electron chi connectivity index (χ0n) is 25.5. The van der Waals surface area contributed by atoms with Crippen LogP contribution in [0.3, 0.4) is 0 Å². The highest BCUT2D eigenvalue weighted by Gasteiger charge is 2.61. The van der Waals surface area contributed by atoms with E-state index in [1.54, 1.807) is 6.20 Å². The van der Waals surface area contributed by atoms with Crippen molar-refractivity contribution < 1.29 is 14.3 Å². The Morgan fingerprint density at radius 1 is 1.14 bits per heavy atom. The molecule has 4 atom stereocenters. The summed E-state index contributed by atoms with van der Waals surface area (Å²) >= 11 is 0. The van der Waals surface area contributed by atoms with Gasteiger partial charge >= 0.3 is 0 Å². The van der Waals surface area contributed by atoms with E-state index < -0.39 is 6.23 Å². The number of aromatic nitrogens is 6. The Hall–Kier alpha value is -3.83. The van der Waals surface area contributed by atoms with Gasteiger partial charge in [0.05, 0.1) is 24.4 Å². The molecule has 0 radical (unpaired) electrons. The highest BCUT2D eigenvalue weighted by molar-refractivity contribution is 5.83. The number of carbonyl (C=O) groups excluding carboxylic acids is 1. The largest absolute Gasteiger partial charge is 0.423 e. The van der Waals surface area contributed by atoms with Gasteiger partial charge in [-0.15, -0.1) is 10.2 Å². The molecule has 1 N–H and O–H groups in total. The van der Waals surface area contributed by atoms with Crippen molar-refractivity contribution in [3.63, 3.8) is 0 Å². The summed E-state index contributed by atoms with van der Waals surface area (Å²) in [6.07, 6.45) is 3.74. The number of rotatable bonds is 8. The molecule has 11 nitrogen and oxygen atoms in total. The number of amides is 1. The number of aliphatic hydroxyl groups excluding tert-OH is 1. The molecular weight excluding hydrogens is 544 g/mol. The zero-order chi connectivity index (χ0) is 30.1. The van der Waals surface area contributed by atoms with Crippen molar-refractivity contribution in [1.82, 2.24) is 39.6 Å². The Labute approximate surface area is 251 Å². The molecule has 5 heterocycles. The number of hydrogen-bond acceptors (Lipinski definition) is 8. The Morgan fingerprint density at radius 2 is 1.88 bits per heavy atom. The number of aliphatic hydroxyl groups is 1. The molecule has 43 heavy (non-hydrogen) atoms. The van der Waals surface area contributed by atoms with E-state index >= 15 is 0 Å². The van der Waals surface area contributed by atoms with E-state index in [0.29, 0.717) is 44.5 Å². The molecule has 7 rings (SSSR count). The number of nitrogens with zero attached hydrogens (tertiary/aromatic N) is 8. The fourth-order valence-electron chi connectivity index (χ4n) is 7.11. The Bertz CT molecular complexity index is 1630. The molecule has 1 saturated carbocycles. The van der Waals surface area contributed by atoms with Gasteiger partial charge in [0, 0.05) is 55.0 Å². The quantitative estimate of drug-likeness (QED) is 0.333. The maximum Gasteiger partial charge on any atom is 0.240 e. The van der Waals surface area contributed by atoms with Crippen molar-refractivity contribution in [3.05, 3.63) is 83.1 Å². The first kappa shape index (κ1) is 28.0. The van der Waals surface area contributed by atoms with Gasteiger partial charge in [0.15, 0.2) is 0 Å². The fraction of sp³-hybridized carbons (Fsp3) is 0.531. The van der Waals surface area contributed by atoms with Gasteiger partial charge in [-0.05, 0) is 44.2 Å². The van der Waals surface area contributed by atoms with Crippen LogP contribution >= 0.6 is 0 Å². The molecule has 0 bridgehead atoms. The van der Waals surface area contributed by atoms with Crippen LogP contribution in [0.25, 0.3) is 0 Å². The highest BCUT2D eigenvalue weighted by atomic mass is 16.4. The van der Waals surface area contributed by atoms with Crippen LogP contribution in [0, 0.1) is 30.6 Å². The number of aryl methyl sites for hydroxylation is 2. The summed E-state index contributed by atoms with van der Waals surface area (Å²) in [6.45, 7) is 13.3. The van der Waals surface area contributed by atoms with Crippen molar-refractivity contribution in [1.29, 1.82) is 0 Å². The van der Waals surface area contributed by atoms with Crippen LogP contribution in [0.15, 0.2) is 53.2 Å². The molecule has 3 unspecified atom stereocenters. The monoisotopic (exact) mass is 584 g/mol. The summed E-state index contributed by atoms with van der Waals surface area (Å²) < 4.78 is 10.1. The maximum absolute atomic E-state index is 13.3. The molecule has 3 fully saturated rings. The Kier molecular flexibility index (Phi) is 6.59. The van der Waals surface area contributed by atoms with E-state index in [9.17, 15) is 9.90 Å². The van der Waals surface area contributed by atoms with Crippen LogP contribution in [0.2, 0.25) is 0 Å². The lowest BCUT2D eigenvalue weighted by molar-refractivity contribution is -0.146. The maximum atomic E-state index is 13.3. The zero-order valence-corrected chi connectivity index (χ0v) is 25.5. The molecule has 1 aromatic carbocycles. The van der Waals surface area contributed by atoms with E-state index in [1.165, 1.54) is 0 Å². The summed E-state index contributed by atoms with van der Waals surface area (Å²) in [5.74, 6) is 1.27. The number of likely N-dealkylation sites (tertiary alicyclic amines) is 2. The second kappa shape index (κ2) is 10.1. The standard InChI is InChI=1S/C32H40N8O3/c1-20-11-21(2)40(36-20)22(3)27-34-35-28(43-27)26-16-37(17-32(26)18-38(19-32)30(42)25-12-31(25,4)5)29(41)24-13-33-39(15-24)14-23-9-7-6-8-10-23/h6-11,13,15,22,25-26,29,41H,12,14,16-19H2,1-5H3/t22?,25-,26?,29?/m1/s1. The van der Waals surface area contributed by atoms with Crippen LogP contribution in [0.5, 0.6) is 0 Å². The predicted octanol–water partition coefficient (Wildman–Crippen LogP) is 3.70. The van der Waals surface area contributed by atoms with Gasteiger partial charge in [0.25, 0.3) is 0 Å². The van der Waals surface area contributed by atoms with Crippen molar-refractivity contribution in [2.24, 2.45) is 16.7 Å². The first-order valence-electron chi connectivity index (χ1n) is 15.2. The van der Waals surface area contributed by atoms with Gasteiger partial charge in [-0.1, -0.05) is 44.2 Å². The normalized spacial score (nSPS) is 23.8. The molecule has 1 amide bonds. The molecule has 4 aromatic rings. The predicted molar refractivity (Wildman–Crippen MR) is 158 cm³/mol. The second-order valence-electron chi connectivity index (χ2n) is 13.6. The van der Waals surface area contributed by atoms with Crippen LogP contribution in [-0.4, -0.2) is 76.8 Å². The van der Waals surface area contributed by atoms with Crippen LogP contribution in [-0.2, 0) is 11.3 Å². The minimum absolute atomic E-state index is 0.0809.